The summed E-state index contributed by atoms with van der Waals surface area (Å²) in [5.74, 6) is -2.07. The predicted octanol–water partition coefficient (Wildman–Crippen LogP) is 3.24. The smallest absolute Gasteiger partial charge is 0.312 e. The number of amides is 2. The number of unbranched alkanes of at least 4 members (excludes halogenated alkanes) is 5. The number of esters is 1. The minimum Gasteiger partial charge on any atom is -0.465 e. The number of aliphatic hydroxyl groups excluding tert-OH is 1. The van der Waals surface area contributed by atoms with Crippen molar-refractivity contribution in [2.45, 2.75) is 95.4 Å². The normalized spacial score (nSPS) is 28.4. The van der Waals surface area contributed by atoms with Crippen LogP contribution in [-0.2, 0) is 23.9 Å². The Hall–Kier alpha value is -2.19. The van der Waals surface area contributed by atoms with Crippen molar-refractivity contribution in [1.82, 2.24) is 9.80 Å². The molecular weight excluding hydrogens is 460 g/mol. The molecular formula is C28H44N2O6. The van der Waals surface area contributed by atoms with Gasteiger partial charge in [-0.05, 0) is 58.8 Å². The van der Waals surface area contributed by atoms with E-state index in [4.69, 9.17) is 14.6 Å². The van der Waals surface area contributed by atoms with Crippen LogP contribution in [0.1, 0.15) is 71.6 Å². The fourth-order valence-corrected chi connectivity index (χ4v) is 6.20. The molecule has 3 rings (SSSR count). The maximum atomic E-state index is 14.0. The molecule has 3 aliphatic rings. The van der Waals surface area contributed by atoms with Crippen molar-refractivity contribution >= 4 is 17.8 Å². The summed E-state index contributed by atoms with van der Waals surface area (Å²) in [4.78, 5) is 44.5. The third kappa shape index (κ3) is 5.54. The second-order valence-corrected chi connectivity index (χ2v) is 10.6. The number of fused-ring (bicyclic) bond motifs is 1. The Labute approximate surface area is 215 Å². The fraction of sp³-hybridized carbons (Fsp3) is 0.750. The minimum absolute atomic E-state index is 0.0672. The third-order valence-corrected chi connectivity index (χ3v) is 7.89. The first-order valence-electron chi connectivity index (χ1n) is 13.6. The molecule has 2 bridgehead atoms. The number of carbonyl (C=O) groups excluding carboxylic acids is 3. The molecule has 1 spiro atoms. The highest BCUT2D eigenvalue weighted by molar-refractivity contribution is 5.98. The molecule has 3 heterocycles. The van der Waals surface area contributed by atoms with Gasteiger partial charge in [-0.15, -0.1) is 13.2 Å². The second kappa shape index (κ2) is 12.9. The topological polar surface area (TPSA) is 96.4 Å². The molecule has 5 atom stereocenters. The maximum absolute atomic E-state index is 14.0. The van der Waals surface area contributed by atoms with Crippen molar-refractivity contribution in [1.29, 1.82) is 0 Å². The molecule has 36 heavy (non-hydrogen) atoms. The van der Waals surface area contributed by atoms with Crippen molar-refractivity contribution in [2.75, 3.05) is 26.3 Å². The van der Waals surface area contributed by atoms with Crippen LogP contribution in [0.4, 0.5) is 0 Å². The van der Waals surface area contributed by atoms with Crippen LogP contribution in [-0.4, -0.2) is 82.8 Å². The van der Waals surface area contributed by atoms with Crippen molar-refractivity contribution < 1.29 is 29.0 Å². The van der Waals surface area contributed by atoms with Gasteiger partial charge in [0.1, 0.15) is 11.6 Å². The van der Waals surface area contributed by atoms with Crippen molar-refractivity contribution in [3.63, 3.8) is 0 Å². The van der Waals surface area contributed by atoms with E-state index in [0.717, 1.165) is 44.9 Å². The summed E-state index contributed by atoms with van der Waals surface area (Å²) in [5, 5.41) is 9.07. The van der Waals surface area contributed by atoms with E-state index in [0.29, 0.717) is 32.5 Å². The fourth-order valence-electron chi connectivity index (χ4n) is 6.20. The van der Waals surface area contributed by atoms with E-state index in [-0.39, 0.29) is 30.4 Å². The highest BCUT2D eigenvalue weighted by Gasteiger charge is 2.75. The summed E-state index contributed by atoms with van der Waals surface area (Å²) in [6.45, 7) is 12.7. The largest absolute Gasteiger partial charge is 0.465 e. The Bertz CT molecular complexity index is 814. The molecule has 2 amide bonds. The van der Waals surface area contributed by atoms with Gasteiger partial charge in [-0.25, -0.2) is 0 Å². The first-order valence-corrected chi connectivity index (χ1v) is 13.6. The number of likely N-dealkylation sites (tertiary alicyclic amines) is 1. The quantitative estimate of drug-likeness (QED) is 0.197. The number of carbonyl (C=O) groups is 3. The van der Waals surface area contributed by atoms with Gasteiger partial charge in [0.15, 0.2) is 0 Å². The van der Waals surface area contributed by atoms with Gasteiger partial charge in [-0.2, -0.15) is 0 Å². The van der Waals surface area contributed by atoms with E-state index in [2.05, 4.69) is 13.2 Å². The van der Waals surface area contributed by atoms with E-state index in [1.54, 1.807) is 15.9 Å². The Morgan fingerprint density at radius 3 is 2.61 bits per heavy atom. The van der Waals surface area contributed by atoms with Crippen LogP contribution >= 0.6 is 0 Å². The van der Waals surface area contributed by atoms with Crippen LogP contribution in [0.3, 0.4) is 0 Å². The zero-order valence-electron chi connectivity index (χ0n) is 22.0. The SMILES string of the molecule is C=CCCCCOC(=O)[C@@H]1[C@@H]2CCC3(O2)C(C(=O)N(CC=C)C(C)C)N(CCCCCCO)C(=O)[C@H]13. The van der Waals surface area contributed by atoms with E-state index in [1.165, 1.54) is 0 Å². The first kappa shape index (κ1) is 28.4. The molecule has 3 saturated heterocycles. The van der Waals surface area contributed by atoms with E-state index >= 15 is 0 Å². The molecule has 0 aromatic heterocycles. The minimum atomic E-state index is -0.995. The summed E-state index contributed by atoms with van der Waals surface area (Å²) >= 11 is 0. The van der Waals surface area contributed by atoms with Crippen LogP contribution in [0, 0.1) is 11.8 Å². The molecule has 2 unspecified atom stereocenters. The Kier molecular flexibility index (Phi) is 10.1. The van der Waals surface area contributed by atoms with Gasteiger partial charge in [-0.3, -0.25) is 14.4 Å². The summed E-state index contributed by atoms with van der Waals surface area (Å²) in [6.07, 6.45) is 10.0. The molecule has 8 heteroatoms. The van der Waals surface area contributed by atoms with Gasteiger partial charge in [0.25, 0.3) is 0 Å². The molecule has 0 aliphatic carbocycles. The second-order valence-electron chi connectivity index (χ2n) is 10.6. The summed E-state index contributed by atoms with van der Waals surface area (Å²) in [7, 11) is 0. The Balaban J connectivity index is 1.84. The third-order valence-electron chi connectivity index (χ3n) is 7.89. The predicted molar refractivity (Wildman–Crippen MR) is 137 cm³/mol. The zero-order valence-corrected chi connectivity index (χ0v) is 22.0. The number of aliphatic hydroxyl groups is 1. The Morgan fingerprint density at radius 2 is 1.94 bits per heavy atom. The average molecular weight is 505 g/mol. The van der Waals surface area contributed by atoms with Crippen LogP contribution < -0.4 is 0 Å². The number of nitrogens with zero attached hydrogens (tertiary/aromatic N) is 2. The molecule has 3 aliphatic heterocycles. The standard InChI is InChI=1S/C28H44N2O6/c1-5-7-8-13-19-35-27(34)22-21-14-15-28(36-21)23(22)25(32)30(17-11-9-10-12-18-31)24(28)26(33)29(16-6-2)20(3)4/h5-6,20-24,31H,1-2,7-19H2,3-4H3/t21-,22+,23-,24?,28?/m0/s1. The summed E-state index contributed by atoms with van der Waals surface area (Å²) < 4.78 is 12.1. The molecule has 0 radical (unpaired) electrons. The molecule has 0 saturated carbocycles. The Morgan fingerprint density at radius 1 is 1.19 bits per heavy atom. The van der Waals surface area contributed by atoms with Gasteiger partial charge < -0.3 is 24.4 Å². The first-order chi connectivity index (χ1) is 17.3. The lowest BCUT2D eigenvalue weighted by molar-refractivity contribution is -0.155. The molecule has 8 nitrogen and oxygen atoms in total. The zero-order chi connectivity index (χ0) is 26.3. The highest BCUT2D eigenvalue weighted by atomic mass is 16.6. The van der Waals surface area contributed by atoms with Crippen LogP contribution in [0.25, 0.3) is 0 Å². The van der Waals surface area contributed by atoms with Gasteiger partial charge >= 0.3 is 5.97 Å². The van der Waals surface area contributed by atoms with Crippen LogP contribution in [0.5, 0.6) is 0 Å². The van der Waals surface area contributed by atoms with Crippen molar-refractivity contribution in [3.8, 4) is 0 Å². The number of rotatable bonds is 16. The molecule has 202 valence electrons. The number of ether oxygens (including phenoxy) is 2. The van der Waals surface area contributed by atoms with Gasteiger partial charge in [0, 0.05) is 25.7 Å². The lowest BCUT2D eigenvalue weighted by Gasteiger charge is -2.38. The summed E-state index contributed by atoms with van der Waals surface area (Å²) in [5.41, 5.74) is -0.995. The average Bonchev–Trinajstić information content (AvgIpc) is 3.49. The van der Waals surface area contributed by atoms with E-state index < -0.39 is 29.6 Å². The lowest BCUT2D eigenvalue weighted by atomic mass is 9.70. The summed E-state index contributed by atoms with van der Waals surface area (Å²) in [6, 6.07) is -0.826. The molecule has 3 fully saturated rings. The van der Waals surface area contributed by atoms with Crippen molar-refractivity contribution in [3.05, 3.63) is 25.3 Å². The number of hydrogen-bond donors (Lipinski definition) is 1. The monoisotopic (exact) mass is 504 g/mol. The van der Waals surface area contributed by atoms with Crippen LogP contribution in [0.2, 0.25) is 0 Å². The molecule has 0 aromatic carbocycles. The van der Waals surface area contributed by atoms with Crippen molar-refractivity contribution in [2.24, 2.45) is 11.8 Å². The molecule has 1 N–H and O–H groups in total. The number of allylic oxidation sites excluding steroid dienone is 1. The van der Waals surface area contributed by atoms with Gasteiger partial charge in [-0.1, -0.05) is 25.0 Å². The van der Waals surface area contributed by atoms with E-state index in [9.17, 15) is 14.4 Å². The van der Waals surface area contributed by atoms with Crippen LogP contribution in [0.15, 0.2) is 25.3 Å². The highest BCUT2D eigenvalue weighted by Crippen LogP contribution is 2.58. The maximum Gasteiger partial charge on any atom is 0.312 e. The van der Waals surface area contributed by atoms with Gasteiger partial charge in [0.2, 0.25) is 11.8 Å². The van der Waals surface area contributed by atoms with E-state index in [1.807, 2.05) is 19.9 Å². The molecule has 0 aromatic rings. The number of hydrogen-bond acceptors (Lipinski definition) is 6. The van der Waals surface area contributed by atoms with Gasteiger partial charge in [0.05, 0.1) is 24.5 Å². The lowest BCUT2D eigenvalue weighted by Crippen LogP contribution is -2.57.